The third-order valence-electron chi connectivity index (χ3n) is 4.10. The topological polar surface area (TPSA) is 68.3 Å². The van der Waals surface area contributed by atoms with E-state index in [0.29, 0.717) is 21.3 Å². The molecule has 0 fully saturated rings. The van der Waals surface area contributed by atoms with Crippen LogP contribution in [-0.2, 0) is 17.7 Å². The average Bonchev–Trinajstić information content (AvgIpc) is 2.64. The van der Waals surface area contributed by atoms with Crippen molar-refractivity contribution in [2.45, 2.75) is 49.3 Å². The zero-order valence-corrected chi connectivity index (χ0v) is 19.4. The Kier molecular flexibility index (Phi) is 8.92. The molecule has 2 aromatic carbocycles. The van der Waals surface area contributed by atoms with Gasteiger partial charge < -0.3 is 0 Å². The van der Waals surface area contributed by atoms with E-state index in [2.05, 4.69) is 0 Å². The lowest BCUT2D eigenvalue weighted by Gasteiger charge is -2.06. The van der Waals surface area contributed by atoms with Crippen LogP contribution in [0.3, 0.4) is 0 Å². The highest BCUT2D eigenvalue weighted by Crippen LogP contribution is 2.26. The lowest BCUT2D eigenvalue weighted by molar-refractivity contribution is 0.608. The van der Waals surface area contributed by atoms with E-state index in [-0.39, 0.29) is 0 Å². The van der Waals surface area contributed by atoms with E-state index >= 15 is 0 Å². The SMILES string of the molecule is Cc1ccc(S(=O)(=O)SCCCCCCSS(=O)(=O)c2cccc(C)c2)cc1. The lowest BCUT2D eigenvalue weighted by atomic mass is 10.2. The Morgan fingerprint density at radius 2 is 1.18 bits per heavy atom. The fourth-order valence-corrected chi connectivity index (χ4v) is 8.39. The van der Waals surface area contributed by atoms with E-state index in [1.165, 1.54) is 0 Å². The van der Waals surface area contributed by atoms with Gasteiger partial charge >= 0.3 is 0 Å². The minimum atomic E-state index is -3.30. The maximum atomic E-state index is 12.3. The third-order valence-corrected chi connectivity index (χ3v) is 11.3. The molecule has 0 unspecified atom stereocenters. The molecular weight excluding hydrogens is 432 g/mol. The zero-order chi connectivity index (χ0) is 20.6. The van der Waals surface area contributed by atoms with Crippen molar-refractivity contribution in [2.24, 2.45) is 0 Å². The van der Waals surface area contributed by atoms with E-state index in [9.17, 15) is 16.8 Å². The van der Waals surface area contributed by atoms with Crippen molar-refractivity contribution in [3.05, 3.63) is 59.7 Å². The maximum Gasteiger partial charge on any atom is 0.230 e. The molecule has 0 amide bonds. The second kappa shape index (κ2) is 10.7. The predicted octanol–water partition coefficient (Wildman–Crippen LogP) is 5.41. The van der Waals surface area contributed by atoms with Crippen molar-refractivity contribution in [1.29, 1.82) is 0 Å². The zero-order valence-electron chi connectivity index (χ0n) is 16.1. The molecule has 0 saturated carbocycles. The third kappa shape index (κ3) is 7.46. The number of rotatable bonds is 11. The van der Waals surface area contributed by atoms with Crippen molar-refractivity contribution in [3.8, 4) is 0 Å². The van der Waals surface area contributed by atoms with Gasteiger partial charge in [-0.2, -0.15) is 0 Å². The Balaban J connectivity index is 1.64. The van der Waals surface area contributed by atoms with Crippen LogP contribution in [0.2, 0.25) is 0 Å². The summed E-state index contributed by atoms with van der Waals surface area (Å²) < 4.78 is 49.0. The fourth-order valence-electron chi connectivity index (χ4n) is 2.51. The van der Waals surface area contributed by atoms with Gasteiger partial charge in [-0.15, -0.1) is 0 Å². The Hall–Kier alpha value is -0.960. The largest absolute Gasteiger partial charge is 0.230 e. The smallest absolute Gasteiger partial charge is 0.212 e. The number of hydrogen-bond acceptors (Lipinski definition) is 6. The molecule has 154 valence electrons. The van der Waals surface area contributed by atoms with Gasteiger partial charge in [-0.3, -0.25) is 0 Å². The number of hydrogen-bond donors (Lipinski definition) is 0. The molecule has 0 N–H and O–H groups in total. The second-order valence-corrected chi connectivity index (χ2v) is 14.7. The Labute approximate surface area is 176 Å². The van der Waals surface area contributed by atoms with E-state index in [0.717, 1.165) is 58.4 Å². The normalized spacial score (nSPS) is 12.2. The monoisotopic (exact) mass is 458 g/mol. The summed E-state index contributed by atoms with van der Waals surface area (Å²) >= 11 is 0. The molecule has 0 aliphatic heterocycles. The number of benzene rings is 2. The first kappa shape index (κ1) is 23.3. The van der Waals surface area contributed by atoms with E-state index in [1.807, 2.05) is 19.9 Å². The highest BCUT2D eigenvalue weighted by Gasteiger charge is 2.15. The maximum absolute atomic E-state index is 12.3. The lowest BCUT2D eigenvalue weighted by Crippen LogP contribution is -1.98. The molecule has 0 spiro atoms. The second-order valence-electron chi connectivity index (χ2n) is 6.60. The highest BCUT2D eigenvalue weighted by atomic mass is 33.1. The Morgan fingerprint density at radius 1 is 0.643 bits per heavy atom. The van der Waals surface area contributed by atoms with Crippen molar-refractivity contribution in [2.75, 3.05) is 11.5 Å². The molecule has 28 heavy (non-hydrogen) atoms. The first-order valence-electron chi connectivity index (χ1n) is 9.13. The first-order valence-corrected chi connectivity index (χ1v) is 15.1. The molecule has 8 heteroatoms. The summed E-state index contributed by atoms with van der Waals surface area (Å²) in [7, 11) is -4.64. The molecular formula is C20H26O4S4. The summed E-state index contributed by atoms with van der Waals surface area (Å²) in [5.41, 5.74) is 1.96. The van der Waals surface area contributed by atoms with E-state index < -0.39 is 17.7 Å². The average molecular weight is 459 g/mol. The van der Waals surface area contributed by atoms with Crippen LogP contribution in [0.4, 0.5) is 0 Å². The Morgan fingerprint density at radius 3 is 1.71 bits per heavy atom. The fraction of sp³-hybridized carbons (Fsp3) is 0.400. The molecule has 0 aliphatic rings. The van der Waals surface area contributed by atoms with Gasteiger partial charge in [0.1, 0.15) is 0 Å². The van der Waals surface area contributed by atoms with Crippen LogP contribution in [0, 0.1) is 13.8 Å². The molecule has 0 saturated heterocycles. The minimum Gasteiger partial charge on any atom is -0.212 e. The summed E-state index contributed by atoms with van der Waals surface area (Å²) in [5, 5.41) is 0. The quantitative estimate of drug-likeness (QED) is 0.331. The number of aryl methyl sites for hydroxylation is 2. The van der Waals surface area contributed by atoms with Crippen molar-refractivity contribution in [1.82, 2.24) is 0 Å². The molecule has 0 bridgehead atoms. The minimum absolute atomic E-state index is 0.348. The van der Waals surface area contributed by atoms with Crippen molar-refractivity contribution in [3.63, 3.8) is 0 Å². The van der Waals surface area contributed by atoms with Crippen LogP contribution in [0.1, 0.15) is 36.8 Å². The highest BCUT2D eigenvalue weighted by molar-refractivity contribution is 8.72. The van der Waals surface area contributed by atoms with Crippen LogP contribution in [0.15, 0.2) is 58.3 Å². The molecule has 0 atom stereocenters. The summed E-state index contributed by atoms with van der Waals surface area (Å²) in [4.78, 5) is 0.705. The summed E-state index contributed by atoms with van der Waals surface area (Å²) in [6.45, 7) is 3.80. The molecule has 4 nitrogen and oxygen atoms in total. The van der Waals surface area contributed by atoms with Crippen LogP contribution in [-0.4, -0.2) is 28.3 Å². The van der Waals surface area contributed by atoms with Crippen molar-refractivity contribution >= 4 is 39.3 Å². The molecule has 0 heterocycles. The first-order chi connectivity index (χ1) is 13.2. The van der Waals surface area contributed by atoms with Crippen LogP contribution >= 0.6 is 21.6 Å². The van der Waals surface area contributed by atoms with E-state index in [4.69, 9.17) is 0 Å². The van der Waals surface area contributed by atoms with E-state index in [1.54, 1.807) is 42.5 Å². The summed E-state index contributed by atoms with van der Waals surface area (Å²) in [5.74, 6) is 1.09. The molecule has 0 radical (unpaired) electrons. The van der Waals surface area contributed by atoms with Crippen molar-refractivity contribution < 1.29 is 16.8 Å². The Bertz CT molecular complexity index is 966. The van der Waals surface area contributed by atoms with Gasteiger partial charge in [0.25, 0.3) is 0 Å². The van der Waals surface area contributed by atoms with Gasteiger partial charge in [-0.05, 0) is 78.1 Å². The van der Waals surface area contributed by atoms with Crippen LogP contribution in [0.5, 0.6) is 0 Å². The summed E-state index contributed by atoms with van der Waals surface area (Å²) in [6.07, 6.45) is 3.37. The van der Waals surface area contributed by atoms with Gasteiger partial charge in [0.15, 0.2) is 0 Å². The molecule has 0 aliphatic carbocycles. The van der Waals surface area contributed by atoms with Gasteiger partial charge in [0, 0.05) is 11.5 Å². The molecule has 2 aromatic rings. The van der Waals surface area contributed by atoms with Gasteiger partial charge in [0.05, 0.1) is 9.79 Å². The van der Waals surface area contributed by atoms with Gasteiger partial charge in [-0.25, -0.2) is 16.8 Å². The van der Waals surface area contributed by atoms with Crippen LogP contribution < -0.4 is 0 Å². The standard InChI is InChI=1S/C20H26O4S4/c1-17-10-12-19(13-11-17)27(21,22)25-14-5-3-4-6-15-26-28(23,24)20-9-7-8-18(2)16-20/h7-13,16H,3-6,14-15H2,1-2H3. The van der Waals surface area contributed by atoms with Crippen LogP contribution in [0.25, 0.3) is 0 Å². The summed E-state index contributed by atoms with van der Waals surface area (Å²) in [6, 6.07) is 13.8. The van der Waals surface area contributed by atoms with Gasteiger partial charge in [-0.1, -0.05) is 42.7 Å². The molecule has 0 aromatic heterocycles. The molecule has 2 rings (SSSR count). The number of unbranched alkanes of at least 4 members (excludes halogenated alkanes) is 3. The van der Waals surface area contributed by atoms with Gasteiger partial charge in [0.2, 0.25) is 17.7 Å². The predicted molar refractivity (Wildman–Crippen MR) is 120 cm³/mol.